The highest BCUT2D eigenvalue weighted by atomic mass is 19.1. The summed E-state index contributed by atoms with van der Waals surface area (Å²) in [7, 11) is 1.43. The van der Waals surface area contributed by atoms with Crippen molar-refractivity contribution < 1.29 is 9.13 Å². The van der Waals surface area contributed by atoms with Gasteiger partial charge >= 0.3 is 0 Å². The first-order valence-electron chi connectivity index (χ1n) is 4.88. The lowest BCUT2D eigenvalue weighted by molar-refractivity contribution is 0.386. The minimum absolute atomic E-state index is 0.196. The van der Waals surface area contributed by atoms with Crippen molar-refractivity contribution in [3.63, 3.8) is 0 Å². The number of hydrogen-bond acceptors (Lipinski definition) is 2. The summed E-state index contributed by atoms with van der Waals surface area (Å²) in [5, 5.41) is 0. The fourth-order valence-electron chi connectivity index (χ4n) is 1.29. The molecule has 0 aliphatic heterocycles. The number of nitrogens with two attached hydrogens (primary N) is 1. The second kappa shape index (κ2) is 3.88. The van der Waals surface area contributed by atoms with Gasteiger partial charge in [0.1, 0.15) is 5.84 Å². The molecule has 1 aromatic rings. The second-order valence-corrected chi connectivity index (χ2v) is 3.59. The average Bonchev–Trinajstić information content (AvgIpc) is 3.02. The predicted octanol–water partition coefficient (Wildman–Crippen LogP) is 1.70. The van der Waals surface area contributed by atoms with Crippen LogP contribution < -0.4 is 10.5 Å². The van der Waals surface area contributed by atoms with Crippen LogP contribution in [0, 0.1) is 5.82 Å². The van der Waals surface area contributed by atoms with Crippen molar-refractivity contribution in [2.24, 2.45) is 10.7 Å². The van der Waals surface area contributed by atoms with Crippen LogP contribution in [-0.2, 0) is 0 Å². The van der Waals surface area contributed by atoms with Crippen molar-refractivity contribution >= 4 is 5.84 Å². The Morgan fingerprint density at radius 3 is 2.87 bits per heavy atom. The highest BCUT2D eigenvalue weighted by molar-refractivity contribution is 5.98. The number of aliphatic imine (C=N–C) groups is 1. The zero-order valence-corrected chi connectivity index (χ0v) is 8.53. The van der Waals surface area contributed by atoms with Crippen LogP contribution in [0.2, 0.25) is 0 Å². The molecule has 2 N–H and O–H groups in total. The molecule has 3 nitrogen and oxygen atoms in total. The van der Waals surface area contributed by atoms with Crippen LogP contribution in [0.15, 0.2) is 23.2 Å². The van der Waals surface area contributed by atoms with Gasteiger partial charge in [0.25, 0.3) is 0 Å². The topological polar surface area (TPSA) is 47.6 Å². The van der Waals surface area contributed by atoms with Gasteiger partial charge in [-0.3, -0.25) is 4.99 Å². The maximum atomic E-state index is 13.1. The first-order chi connectivity index (χ1) is 7.20. The fourth-order valence-corrected chi connectivity index (χ4v) is 1.29. The molecule has 0 unspecified atom stereocenters. The van der Waals surface area contributed by atoms with E-state index in [0.29, 0.717) is 17.4 Å². The van der Waals surface area contributed by atoms with E-state index >= 15 is 0 Å². The van der Waals surface area contributed by atoms with Gasteiger partial charge in [-0.1, -0.05) is 0 Å². The Hall–Kier alpha value is -1.58. The fraction of sp³-hybridized carbons (Fsp3) is 0.364. The monoisotopic (exact) mass is 208 g/mol. The molecule has 0 aromatic heterocycles. The Morgan fingerprint density at radius 1 is 1.53 bits per heavy atom. The third-order valence-corrected chi connectivity index (χ3v) is 2.32. The number of rotatable bonds is 3. The zero-order chi connectivity index (χ0) is 10.8. The number of hydrogen-bond donors (Lipinski definition) is 1. The molecule has 1 fully saturated rings. The maximum absolute atomic E-state index is 13.1. The molecule has 0 radical (unpaired) electrons. The number of methoxy groups -OCH3 is 1. The molecule has 0 heterocycles. The lowest BCUT2D eigenvalue weighted by atomic mass is 10.2. The third kappa shape index (κ3) is 2.26. The molecule has 0 spiro atoms. The van der Waals surface area contributed by atoms with Gasteiger partial charge in [0, 0.05) is 5.56 Å². The van der Waals surface area contributed by atoms with E-state index in [-0.39, 0.29) is 11.6 Å². The van der Waals surface area contributed by atoms with E-state index in [2.05, 4.69) is 4.99 Å². The van der Waals surface area contributed by atoms with Gasteiger partial charge in [-0.25, -0.2) is 4.39 Å². The van der Waals surface area contributed by atoms with Gasteiger partial charge in [0.15, 0.2) is 11.6 Å². The molecular formula is C11H13FN2O. The van der Waals surface area contributed by atoms with E-state index in [4.69, 9.17) is 10.5 Å². The predicted molar refractivity (Wildman–Crippen MR) is 56.7 cm³/mol. The molecule has 0 atom stereocenters. The van der Waals surface area contributed by atoms with Crippen LogP contribution in [0.3, 0.4) is 0 Å². The molecule has 15 heavy (non-hydrogen) atoms. The molecule has 80 valence electrons. The molecular weight excluding hydrogens is 195 g/mol. The Kier molecular flexibility index (Phi) is 2.58. The molecule has 1 saturated carbocycles. The lowest BCUT2D eigenvalue weighted by Crippen LogP contribution is -2.14. The summed E-state index contributed by atoms with van der Waals surface area (Å²) in [6.45, 7) is 0. The van der Waals surface area contributed by atoms with Crippen LogP contribution in [-0.4, -0.2) is 19.0 Å². The minimum atomic E-state index is -0.388. The third-order valence-electron chi connectivity index (χ3n) is 2.32. The Balaban J connectivity index is 2.27. The van der Waals surface area contributed by atoms with E-state index in [0.717, 1.165) is 12.8 Å². The molecule has 4 heteroatoms. The second-order valence-electron chi connectivity index (χ2n) is 3.59. The summed E-state index contributed by atoms with van der Waals surface area (Å²) < 4.78 is 18.0. The zero-order valence-electron chi connectivity index (χ0n) is 8.53. The molecule has 0 amide bonds. The van der Waals surface area contributed by atoms with Gasteiger partial charge in [0.2, 0.25) is 0 Å². The molecule has 2 rings (SSSR count). The van der Waals surface area contributed by atoms with E-state index in [9.17, 15) is 4.39 Å². The Labute approximate surface area is 87.8 Å². The molecule has 0 saturated heterocycles. The highest BCUT2D eigenvalue weighted by Gasteiger charge is 2.20. The number of amidine groups is 1. The van der Waals surface area contributed by atoms with E-state index in [1.165, 1.54) is 13.2 Å². The van der Waals surface area contributed by atoms with Gasteiger partial charge in [-0.15, -0.1) is 0 Å². The normalized spacial score (nSPS) is 16.5. The van der Waals surface area contributed by atoms with E-state index in [1.54, 1.807) is 12.1 Å². The average molecular weight is 208 g/mol. The summed E-state index contributed by atoms with van der Waals surface area (Å²) >= 11 is 0. The van der Waals surface area contributed by atoms with Crippen molar-refractivity contribution in [1.82, 2.24) is 0 Å². The molecule has 1 aliphatic rings. The van der Waals surface area contributed by atoms with Gasteiger partial charge in [-0.2, -0.15) is 0 Å². The lowest BCUT2D eigenvalue weighted by Gasteiger charge is -2.05. The van der Waals surface area contributed by atoms with Gasteiger partial charge in [0.05, 0.1) is 13.2 Å². The summed E-state index contributed by atoms with van der Waals surface area (Å²) in [6, 6.07) is 4.88. The van der Waals surface area contributed by atoms with Gasteiger partial charge in [-0.05, 0) is 31.0 Å². The highest BCUT2D eigenvalue weighted by Crippen LogP contribution is 2.24. The summed E-state index contributed by atoms with van der Waals surface area (Å²) in [4.78, 5) is 4.28. The number of nitrogens with zero attached hydrogens (tertiary/aromatic N) is 1. The van der Waals surface area contributed by atoms with E-state index < -0.39 is 0 Å². The van der Waals surface area contributed by atoms with Crippen molar-refractivity contribution in [1.29, 1.82) is 0 Å². The maximum Gasteiger partial charge on any atom is 0.165 e. The summed E-state index contributed by atoms with van der Waals surface area (Å²) in [6.07, 6.45) is 2.19. The standard InChI is InChI=1S/C11H13FN2O/c1-15-10-6-7(2-5-9(10)12)11(13)14-8-3-4-8/h2,5-6,8H,3-4H2,1H3,(H2,13,14). The van der Waals surface area contributed by atoms with Crippen molar-refractivity contribution in [3.05, 3.63) is 29.6 Å². The van der Waals surface area contributed by atoms with Crippen molar-refractivity contribution in [2.45, 2.75) is 18.9 Å². The largest absolute Gasteiger partial charge is 0.494 e. The van der Waals surface area contributed by atoms with Crippen LogP contribution in [0.5, 0.6) is 5.75 Å². The first kappa shape index (κ1) is 9.96. The molecule has 1 aromatic carbocycles. The van der Waals surface area contributed by atoms with Crippen LogP contribution in [0.4, 0.5) is 4.39 Å². The van der Waals surface area contributed by atoms with Crippen molar-refractivity contribution in [3.8, 4) is 5.75 Å². The minimum Gasteiger partial charge on any atom is -0.494 e. The number of ether oxygens (including phenoxy) is 1. The summed E-state index contributed by atoms with van der Waals surface area (Å²) in [5.74, 6) is 0.262. The van der Waals surface area contributed by atoms with Crippen LogP contribution in [0.1, 0.15) is 18.4 Å². The first-order valence-corrected chi connectivity index (χ1v) is 4.88. The smallest absolute Gasteiger partial charge is 0.165 e. The SMILES string of the molecule is COc1cc(C(N)=NC2CC2)ccc1F. The van der Waals surface area contributed by atoms with Crippen molar-refractivity contribution in [2.75, 3.05) is 7.11 Å². The number of halogens is 1. The van der Waals surface area contributed by atoms with Crippen LogP contribution in [0.25, 0.3) is 0 Å². The summed E-state index contributed by atoms with van der Waals surface area (Å²) in [5.41, 5.74) is 6.49. The Bertz CT molecular complexity index is 400. The number of benzene rings is 1. The Morgan fingerprint density at radius 2 is 2.27 bits per heavy atom. The van der Waals surface area contributed by atoms with Gasteiger partial charge < -0.3 is 10.5 Å². The van der Waals surface area contributed by atoms with E-state index in [1.807, 2.05) is 0 Å². The van der Waals surface area contributed by atoms with Crippen LogP contribution >= 0.6 is 0 Å². The quantitative estimate of drug-likeness (QED) is 0.607. The molecule has 0 bridgehead atoms. The molecule has 1 aliphatic carbocycles.